The van der Waals surface area contributed by atoms with E-state index in [0.29, 0.717) is 0 Å². The summed E-state index contributed by atoms with van der Waals surface area (Å²) >= 11 is 4.11. The number of aryl methyl sites for hydroxylation is 1. The highest BCUT2D eigenvalue weighted by atomic mass is 32.1. The van der Waals surface area contributed by atoms with Gasteiger partial charge in [0.2, 0.25) is 0 Å². The number of carboxylic acid groups (broad SMARTS) is 1. The number of hydrogen-bond acceptors (Lipinski definition) is 4. The number of nitrogens with zero attached hydrogens (tertiary/aromatic N) is 1. The predicted octanol–water partition coefficient (Wildman–Crippen LogP) is 0.151. The Morgan fingerprint density at radius 3 is 2.50 bits per heavy atom. The molecule has 0 aliphatic heterocycles. The number of aromatic nitrogens is 1. The van der Waals surface area contributed by atoms with Crippen molar-refractivity contribution >= 4 is 24.3 Å². The van der Waals surface area contributed by atoms with Crippen molar-refractivity contribution < 1.29 is 27.6 Å². The molecular weight excluding hydrogens is 269 g/mol. The summed E-state index contributed by atoms with van der Waals surface area (Å²) in [7, 11) is 2.01. The van der Waals surface area contributed by atoms with E-state index in [9.17, 15) is 13.2 Å². The van der Waals surface area contributed by atoms with Gasteiger partial charge < -0.3 is 15.2 Å². The molecule has 8 heteroatoms. The third-order valence-corrected chi connectivity index (χ3v) is 1.84. The molecule has 0 radical (unpaired) electrons. The van der Waals surface area contributed by atoms with Crippen molar-refractivity contribution in [2.75, 3.05) is 17.6 Å². The Morgan fingerprint density at radius 2 is 2.11 bits per heavy atom. The van der Waals surface area contributed by atoms with Gasteiger partial charge in [-0.2, -0.15) is 25.8 Å². The number of pyridine rings is 1. The highest BCUT2D eigenvalue weighted by Gasteiger charge is 2.28. The monoisotopic (exact) mass is 282 g/mol. The van der Waals surface area contributed by atoms with E-state index in [-0.39, 0.29) is 0 Å². The maximum absolute atomic E-state index is 10.5. The number of carbonyl (C=O) groups is 1. The fourth-order valence-electron chi connectivity index (χ4n) is 0.893. The molecule has 0 aromatic carbocycles. The summed E-state index contributed by atoms with van der Waals surface area (Å²) in [6.07, 6.45) is -1.14. The molecule has 0 atom stereocenters. The molecule has 0 amide bonds. The van der Waals surface area contributed by atoms with Gasteiger partial charge in [-0.1, -0.05) is 0 Å². The van der Waals surface area contributed by atoms with Crippen molar-refractivity contribution in [2.45, 2.75) is 6.18 Å². The van der Waals surface area contributed by atoms with Crippen LogP contribution in [0.2, 0.25) is 0 Å². The van der Waals surface area contributed by atoms with Crippen LogP contribution in [-0.2, 0) is 11.8 Å². The lowest BCUT2D eigenvalue weighted by atomic mass is 10.4. The summed E-state index contributed by atoms with van der Waals surface area (Å²) in [6, 6.07) is 4.06. The fourth-order valence-corrected chi connectivity index (χ4v) is 1.00. The van der Waals surface area contributed by atoms with Crippen LogP contribution in [0.15, 0.2) is 24.5 Å². The Labute approximate surface area is 108 Å². The van der Waals surface area contributed by atoms with Crippen LogP contribution in [0.4, 0.5) is 18.9 Å². The number of anilines is 1. The van der Waals surface area contributed by atoms with Gasteiger partial charge in [0.05, 0.1) is 5.69 Å². The van der Waals surface area contributed by atoms with E-state index in [1.807, 2.05) is 36.1 Å². The van der Waals surface area contributed by atoms with Crippen molar-refractivity contribution in [3.05, 3.63) is 24.5 Å². The van der Waals surface area contributed by atoms with E-state index >= 15 is 0 Å². The van der Waals surface area contributed by atoms with Gasteiger partial charge in [-0.25, -0.2) is 4.57 Å². The summed E-state index contributed by atoms with van der Waals surface area (Å²) < 4.78 is 33.6. The van der Waals surface area contributed by atoms with Gasteiger partial charge in [-0.15, -0.1) is 0 Å². The third-order valence-electron chi connectivity index (χ3n) is 1.61. The lowest BCUT2D eigenvalue weighted by Gasteiger charge is -2.03. The number of carbonyl (C=O) groups excluding carboxylic acids is 1. The van der Waals surface area contributed by atoms with Gasteiger partial charge in [0.1, 0.15) is 13.0 Å². The van der Waals surface area contributed by atoms with E-state index in [0.717, 1.165) is 18.0 Å². The number of aliphatic carboxylic acids is 1. The van der Waals surface area contributed by atoms with Crippen LogP contribution in [0.25, 0.3) is 0 Å². The Kier molecular flexibility index (Phi) is 7.18. The Morgan fingerprint density at radius 1 is 1.56 bits per heavy atom. The molecule has 4 nitrogen and oxygen atoms in total. The second-order valence-electron chi connectivity index (χ2n) is 3.19. The minimum Gasteiger partial charge on any atom is -0.542 e. The first kappa shape index (κ1) is 16.6. The summed E-state index contributed by atoms with van der Waals surface area (Å²) in [5.74, 6) is -2.15. The minimum absolute atomic E-state index is 0.860. The van der Waals surface area contributed by atoms with Crippen molar-refractivity contribution in [1.29, 1.82) is 0 Å². The molecular formula is C10H13F3N2O2S. The van der Waals surface area contributed by atoms with Crippen LogP contribution in [-0.4, -0.2) is 24.4 Å². The number of carboxylic acids is 1. The molecule has 1 aromatic heterocycles. The zero-order chi connectivity index (χ0) is 14.2. The quantitative estimate of drug-likeness (QED) is 0.613. The average Bonchev–Trinajstić information content (AvgIpc) is 2.26. The van der Waals surface area contributed by atoms with Crippen LogP contribution in [0.1, 0.15) is 0 Å². The maximum atomic E-state index is 10.5. The van der Waals surface area contributed by atoms with Crippen molar-refractivity contribution in [3.8, 4) is 0 Å². The molecule has 102 valence electrons. The average molecular weight is 282 g/mol. The van der Waals surface area contributed by atoms with Crippen LogP contribution in [0, 0.1) is 0 Å². The second kappa shape index (κ2) is 7.80. The van der Waals surface area contributed by atoms with E-state index in [2.05, 4.69) is 17.9 Å². The minimum atomic E-state index is -5.19. The Balaban J connectivity index is 0.000000360. The number of rotatable bonds is 3. The molecule has 0 bridgehead atoms. The molecule has 18 heavy (non-hydrogen) atoms. The van der Waals surface area contributed by atoms with Crippen LogP contribution in [0.5, 0.6) is 0 Å². The molecule has 1 rings (SSSR count). The number of hydrogen-bond donors (Lipinski definition) is 2. The molecule has 0 saturated heterocycles. The van der Waals surface area contributed by atoms with Gasteiger partial charge in [0, 0.05) is 18.4 Å². The summed E-state index contributed by atoms with van der Waals surface area (Å²) in [4.78, 5) is 8.78. The molecule has 0 saturated carbocycles. The van der Waals surface area contributed by atoms with E-state index in [4.69, 9.17) is 9.90 Å². The molecule has 1 aromatic rings. The van der Waals surface area contributed by atoms with Crippen LogP contribution < -0.4 is 15.0 Å². The molecule has 0 spiro atoms. The van der Waals surface area contributed by atoms with E-state index in [1.165, 1.54) is 0 Å². The third kappa shape index (κ3) is 7.77. The summed E-state index contributed by atoms with van der Waals surface area (Å²) in [5, 5.41) is 12.0. The lowest BCUT2D eigenvalue weighted by Crippen LogP contribution is -2.37. The highest BCUT2D eigenvalue weighted by Crippen LogP contribution is 2.11. The van der Waals surface area contributed by atoms with Gasteiger partial charge in [-0.3, -0.25) is 0 Å². The number of alkyl halides is 3. The lowest BCUT2D eigenvalue weighted by molar-refractivity contribution is -0.670. The van der Waals surface area contributed by atoms with Crippen molar-refractivity contribution in [1.82, 2.24) is 0 Å². The van der Waals surface area contributed by atoms with E-state index in [1.54, 1.807) is 0 Å². The van der Waals surface area contributed by atoms with Crippen LogP contribution >= 0.6 is 12.6 Å². The number of thiol groups is 1. The normalized spacial score (nSPS) is 10.3. The topological polar surface area (TPSA) is 56.0 Å². The number of nitrogens with one attached hydrogen (secondary N) is 1. The molecule has 0 fully saturated rings. The zero-order valence-electron chi connectivity index (χ0n) is 9.57. The summed E-state index contributed by atoms with van der Waals surface area (Å²) in [6.45, 7) is 0.910. The standard InChI is InChI=1S/C8H12N2S.C2HF3O2/c1-10-5-2-3-8(7-10)9-4-6-11;3-2(4,5)1(6)7/h2-3,5,7,9H,4,6H2,1H3;(H,6,7). The van der Waals surface area contributed by atoms with Gasteiger partial charge >= 0.3 is 6.18 Å². The maximum Gasteiger partial charge on any atom is 0.430 e. The number of halogens is 3. The first-order chi connectivity index (χ1) is 8.27. The summed E-state index contributed by atoms with van der Waals surface area (Å²) in [5.41, 5.74) is 1.14. The largest absolute Gasteiger partial charge is 0.542 e. The SMILES string of the molecule is C[n+]1cccc(NCCS)c1.O=C([O-])C(F)(F)F. The van der Waals surface area contributed by atoms with Crippen LogP contribution in [0.3, 0.4) is 0 Å². The van der Waals surface area contributed by atoms with Gasteiger partial charge in [-0.05, 0) is 6.07 Å². The van der Waals surface area contributed by atoms with E-state index < -0.39 is 12.1 Å². The molecule has 1 heterocycles. The zero-order valence-corrected chi connectivity index (χ0v) is 10.5. The van der Waals surface area contributed by atoms with Gasteiger partial charge in [0.15, 0.2) is 12.4 Å². The second-order valence-corrected chi connectivity index (χ2v) is 3.64. The first-order valence-electron chi connectivity index (χ1n) is 4.85. The molecule has 1 N–H and O–H groups in total. The first-order valence-corrected chi connectivity index (χ1v) is 5.49. The van der Waals surface area contributed by atoms with Gasteiger partial charge in [0.25, 0.3) is 0 Å². The smallest absolute Gasteiger partial charge is 0.430 e. The fraction of sp³-hybridized carbons (Fsp3) is 0.400. The van der Waals surface area contributed by atoms with Crippen molar-refractivity contribution in [2.24, 2.45) is 7.05 Å². The Bertz CT molecular complexity index is 386. The molecule has 0 unspecified atom stereocenters. The Hall–Kier alpha value is -1.44. The predicted molar refractivity (Wildman–Crippen MR) is 61.0 cm³/mol. The molecule has 0 aliphatic rings. The molecule has 0 aliphatic carbocycles. The van der Waals surface area contributed by atoms with Crippen molar-refractivity contribution in [3.63, 3.8) is 0 Å². The highest BCUT2D eigenvalue weighted by molar-refractivity contribution is 7.80.